The number of nitrogens with zero attached hydrogens (tertiary/aromatic N) is 3. The molecule has 4 heterocycles. The molecular weight excluding hydrogens is 530 g/mol. The molecule has 0 radical (unpaired) electrons. The molecule has 1 fully saturated rings. The van der Waals surface area contributed by atoms with Crippen molar-refractivity contribution in [2.45, 2.75) is 88.7 Å². The normalized spacial score (nSPS) is 20.8. The van der Waals surface area contributed by atoms with E-state index < -0.39 is 20.6 Å². The van der Waals surface area contributed by atoms with Crippen LogP contribution in [0.15, 0.2) is 30.6 Å². The van der Waals surface area contributed by atoms with Gasteiger partial charge in [0.15, 0.2) is 0 Å². The van der Waals surface area contributed by atoms with Crippen molar-refractivity contribution in [1.82, 2.24) is 15.0 Å². The van der Waals surface area contributed by atoms with E-state index >= 15 is 0 Å². The zero-order valence-corrected chi connectivity index (χ0v) is 24.6. The molecule has 1 saturated carbocycles. The van der Waals surface area contributed by atoms with Gasteiger partial charge in [0.25, 0.3) is 0 Å². The summed E-state index contributed by atoms with van der Waals surface area (Å²) in [5.74, 6) is 1.17. The average molecular weight is 568 g/mol. The van der Waals surface area contributed by atoms with E-state index in [0.29, 0.717) is 41.3 Å². The largest absolute Gasteiger partial charge is 0.474 e. The van der Waals surface area contributed by atoms with Crippen LogP contribution in [0.5, 0.6) is 5.88 Å². The smallest absolute Gasteiger partial charge is 0.340 e. The summed E-state index contributed by atoms with van der Waals surface area (Å²) in [5.41, 5.74) is 7.93. The van der Waals surface area contributed by atoms with Crippen LogP contribution < -0.4 is 15.8 Å². The summed E-state index contributed by atoms with van der Waals surface area (Å²) in [6.07, 6.45) is 6.92. The summed E-state index contributed by atoms with van der Waals surface area (Å²) in [5, 5.41) is 4.26. The molecule has 5 rings (SSSR count). The molecule has 2 aliphatic rings. The Morgan fingerprint density at radius 2 is 1.93 bits per heavy atom. The molecule has 1 unspecified atom stereocenters. The van der Waals surface area contributed by atoms with E-state index in [1.54, 1.807) is 31.5 Å². The van der Waals surface area contributed by atoms with Crippen molar-refractivity contribution in [3.63, 3.8) is 0 Å². The number of cyclic esters (lactones) is 1. The summed E-state index contributed by atoms with van der Waals surface area (Å²) in [7, 11) is -3.18. The van der Waals surface area contributed by atoms with Gasteiger partial charge in [-0.05, 0) is 76.1 Å². The van der Waals surface area contributed by atoms with Crippen LogP contribution in [0.3, 0.4) is 0 Å². The number of ether oxygens (including phenoxy) is 2. The number of sulfone groups is 1. The summed E-state index contributed by atoms with van der Waals surface area (Å²) in [6.45, 7) is 9.40. The molecule has 40 heavy (non-hydrogen) atoms. The van der Waals surface area contributed by atoms with Crippen molar-refractivity contribution in [1.29, 1.82) is 0 Å². The Bertz CT molecular complexity index is 1590. The van der Waals surface area contributed by atoms with Gasteiger partial charge in [-0.2, -0.15) is 0 Å². The topological polar surface area (TPSA) is 146 Å². The SMILES string of the molecule is CCC(C)(N)c1cnc(O[C@H](C)C[C@@H](C)S(C)(=O)=O)c2cnc(Nc3ccc4c(n3)C3(CC3)[C@H](C)OC4=O)cc12. The number of rotatable bonds is 9. The van der Waals surface area contributed by atoms with Gasteiger partial charge in [0.1, 0.15) is 27.6 Å². The molecule has 3 aromatic rings. The number of carbonyl (C=O) groups is 1. The molecule has 0 saturated heterocycles. The number of aromatic nitrogens is 3. The molecular formula is C29H37N5O5S. The molecule has 4 atom stereocenters. The molecule has 10 nitrogen and oxygen atoms in total. The molecule has 1 aliphatic heterocycles. The van der Waals surface area contributed by atoms with Crippen molar-refractivity contribution in [3.8, 4) is 5.88 Å². The van der Waals surface area contributed by atoms with Gasteiger partial charge < -0.3 is 20.5 Å². The second kappa shape index (κ2) is 9.95. The van der Waals surface area contributed by atoms with E-state index in [9.17, 15) is 13.2 Å². The average Bonchev–Trinajstić information content (AvgIpc) is 3.69. The molecule has 1 spiro atoms. The van der Waals surface area contributed by atoms with Crippen LogP contribution in [0.4, 0.5) is 11.6 Å². The summed E-state index contributed by atoms with van der Waals surface area (Å²) < 4.78 is 35.5. The fourth-order valence-corrected chi connectivity index (χ4v) is 5.93. The molecule has 3 aromatic heterocycles. The van der Waals surface area contributed by atoms with Crippen LogP contribution in [0.25, 0.3) is 10.8 Å². The Balaban J connectivity index is 1.50. The molecule has 3 N–H and O–H groups in total. The van der Waals surface area contributed by atoms with Crippen LogP contribution in [0, 0.1) is 0 Å². The first-order chi connectivity index (χ1) is 18.7. The van der Waals surface area contributed by atoms with Gasteiger partial charge in [-0.25, -0.2) is 28.2 Å². The summed E-state index contributed by atoms with van der Waals surface area (Å²) in [4.78, 5) is 26.5. The maximum absolute atomic E-state index is 12.4. The van der Waals surface area contributed by atoms with Crippen LogP contribution in [0.2, 0.25) is 0 Å². The first-order valence-corrected chi connectivity index (χ1v) is 15.6. The molecule has 0 amide bonds. The Morgan fingerprint density at radius 1 is 1.20 bits per heavy atom. The van der Waals surface area contributed by atoms with Crippen LogP contribution in [-0.2, 0) is 25.5 Å². The number of carbonyl (C=O) groups excluding carboxylic acids is 1. The van der Waals surface area contributed by atoms with Crippen molar-refractivity contribution in [3.05, 3.63) is 47.4 Å². The second-order valence-electron chi connectivity index (χ2n) is 11.6. The number of hydrogen-bond acceptors (Lipinski definition) is 10. The van der Waals surface area contributed by atoms with Crippen molar-refractivity contribution < 1.29 is 22.7 Å². The Labute approximate surface area is 235 Å². The second-order valence-corrected chi connectivity index (χ2v) is 14.1. The lowest BCUT2D eigenvalue weighted by atomic mass is 9.88. The van der Waals surface area contributed by atoms with Crippen molar-refractivity contribution in [2.24, 2.45) is 5.73 Å². The number of pyridine rings is 3. The van der Waals surface area contributed by atoms with Gasteiger partial charge >= 0.3 is 5.97 Å². The first kappa shape index (κ1) is 28.2. The number of fused-ring (bicyclic) bond motifs is 3. The zero-order valence-electron chi connectivity index (χ0n) is 23.8. The maximum atomic E-state index is 12.4. The molecule has 1 aliphatic carbocycles. The Hall–Kier alpha value is -3.31. The highest BCUT2D eigenvalue weighted by molar-refractivity contribution is 7.91. The fourth-order valence-electron chi connectivity index (χ4n) is 5.31. The lowest BCUT2D eigenvalue weighted by molar-refractivity contribution is 0.0183. The lowest BCUT2D eigenvalue weighted by Gasteiger charge is -2.30. The fraction of sp³-hybridized carbons (Fsp3) is 0.517. The predicted octanol–water partition coefficient (Wildman–Crippen LogP) is 4.53. The number of hydrogen-bond donors (Lipinski definition) is 2. The first-order valence-electron chi connectivity index (χ1n) is 13.7. The highest BCUT2D eigenvalue weighted by Crippen LogP contribution is 2.54. The quantitative estimate of drug-likeness (QED) is 0.353. The van der Waals surface area contributed by atoms with Crippen LogP contribution in [0.1, 0.15) is 81.9 Å². The molecule has 0 bridgehead atoms. The lowest BCUT2D eigenvalue weighted by Crippen LogP contribution is -2.36. The van der Waals surface area contributed by atoms with Crippen molar-refractivity contribution >= 4 is 38.2 Å². The number of nitrogens with two attached hydrogens (primary N) is 1. The summed E-state index contributed by atoms with van der Waals surface area (Å²) >= 11 is 0. The van der Waals surface area contributed by atoms with E-state index in [1.807, 2.05) is 33.8 Å². The van der Waals surface area contributed by atoms with Gasteiger partial charge in [0.2, 0.25) is 5.88 Å². The van der Waals surface area contributed by atoms with Crippen molar-refractivity contribution in [2.75, 3.05) is 11.6 Å². The van der Waals surface area contributed by atoms with Gasteiger partial charge in [0.05, 0.1) is 33.4 Å². The third-order valence-electron chi connectivity index (χ3n) is 8.49. The molecule has 214 valence electrons. The monoisotopic (exact) mass is 567 g/mol. The predicted molar refractivity (Wildman–Crippen MR) is 154 cm³/mol. The highest BCUT2D eigenvalue weighted by atomic mass is 32.2. The van der Waals surface area contributed by atoms with Gasteiger partial charge in [-0.15, -0.1) is 0 Å². The zero-order chi connectivity index (χ0) is 29.0. The van der Waals surface area contributed by atoms with Crippen LogP contribution >= 0.6 is 0 Å². The van der Waals surface area contributed by atoms with E-state index in [1.165, 1.54) is 6.26 Å². The van der Waals surface area contributed by atoms with Gasteiger partial charge in [-0.3, -0.25) is 0 Å². The Kier molecular flexibility index (Phi) is 7.02. The maximum Gasteiger partial charge on any atom is 0.340 e. The van der Waals surface area contributed by atoms with E-state index in [2.05, 4.69) is 15.3 Å². The van der Waals surface area contributed by atoms with E-state index in [-0.39, 0.29) is 23.6 Å². The van der Waals surface area contributed by atoms with E-state index in [0.717, 1.165) is 29.5 Å². The minimum atomic E-state index is -3.18. The highest BCUT2D eigenvalue weighted by Gasteiger charge is 2.56. The van der Waals surface area contributed by atoms with Gasteiger partial charge in [0, 0.05) is 30.6 Å². The van der Waals surface area contributed by atoms with E-state index in [4.69, 9.17) is 20.2 Å². The third-order valence-corrected chi connectivity index (χ3v) is 10.1. The molecule has 0 aromatic carbocycles. The minimum Gasteiger partial charge on any atom is -0.474 e. The number of nitrogens with one attached hydrogen (secondary N) is 1. The molecule has 11 heteroatoms. The number of anilines is 2. The third kappa shape index (κ3) is 5.12. The summed E-state index contributed by atoms with van der Waals surface area (Å²) in [6, 6.07) is 5.41. The standard InChI is InChI=1S/C29H37N5O5S/c1-7-28(5,30)22-15-32-26(38-16(2)12-17(3)40(6,36)37)21-14-31-24(13-20(21)22)33-23-9-8-19-25(34-23)29(10-11-29)18(4)39-27(19)35/h8-9,13-18H,7,10-12,30H2,1-6H3,(H,31,33,34)/t16-,17-,18+,28?/m1/s1. The Morgan fingerprint density at radius 3 is 2.58 bits per heavy atom. The number of esters is 1. The van der Waals surface area contributed by atoms with Crippen LogP contribution in [-0.4, -0.2) is 53.1 Å². The minimum absolute atomic E-state index is 0.207. The van der Waals surface area contributed by atoms with Gasteiger partial charge in [-0.1, -0.05) is 6.92 Å².